The molecular formula is C7H13NO3. The summed E-state index contributed by atoms with van der Waals surface area (Å²) in [4.78, 5) is 11.0. The van der Waals surface area contributed by atoms with Gasteiger partial charge in [0.15, 0.2) is 0 Å². The number of ether oxygens (including phenoxy) is 1. The summed E-state index contributed by atoms with van der Waals surface area (Å²) >= 11 is 0. The largest absolute Gasteiger partial charge is 0.469 e. The van der Waals surface area contributed by atoms with Crippen LogP contribution in [0.15, 0.2) is 5.16 Å². The molecule has 0 unspecified atom stereocenters. The van der Waals surface area contributed by atoms with Gasteiger partial charge in [-0.1, -0.05) is 0 Å². The molecule has 4 nitrogen and oxygen atoms in total. The fourth-order valence-electron chi connectivity index (χ4n) is 0.629. The third-order valence-electron chi connectivity index (χ3n) is 1.42. The standard InChI is InChI=1S/C7H13NO3/c1-7(2,4-5-8-10)6(9)11-3/h5,10H,4H2,1-3H3/b8-5-. The first-order chi connectivity index (χ1) is 5.04. The van der Waals surface area contributed by atoms with E-state index in [1.54, 1.807) is 13.8 Å². The Morgan fingerprint density at radius 3 is 2.64 bits per heavy atom. The molecule has 0 aliphatic rings. The van der Waals surface area contributed by atoms with E-state index in [0.717, 1.165) is 0 Å². The van der Waals surface area contributed by atoms with Gasteiger partial charge in [-0.05, 0) is 13.8 Å². The van der Waals surface area contributed by atoms with E-state index in [9.17, 15) is 4.79 Å². The van der Waals surface area contributed by atoms with Gasteiger partial charge in [-0.25, -0.2) is 0 Å². The van der Waals surface area contributed by atoms with E-state index in [-0.39, 0.29) is 5.97 Å². The highest BCUT2D eigenvalue weighted by Crippen LogP contribution is 2.20. The van der Waals surface area contributed by atoms with Crippen molar-refractivity contribution in [2.75, 3.05) is 7.11 Å². The Kier molecular flexibility index (Phi) is 3.57. The fraction of sp³-hybridized carbons (Fsp3) is 0.714. The minimum absolute atomic E-state index is 0.308. The van der Waals surface area contributed by atoms with Crippen molar-refractivity contribution in [1.82, 2.24) is 0 Å². The highest BCUT2D eigenvalue weighted by atomic mass is 16.5. The van der Waals surface area contributed by atoms with Crippen molar-refractivity contribution in [2.24, 2.45) is 10.6 Å². The van der Waals surface area contributed by atoms with Crippen LogP contribution < -0.4 is 0 Å². The Labute approximate surface area is 65.8 Å². The van der Waals surface area contributed by atoms with Gasteiger partial charge in [-0.2, -0.15) is 0 Å². The Balaban J connectivity index is 4.09. The molecule has 0 radical (unpaired) electrons. The SMILES string of the molecule is COC(=O)C(C)(C)C/C=N\O. The Morgan fingerprint density at radius 2 is 2.27 bits per heavy atom. The number of rotatable bonds is 3. The van der Waals surface area contributed by atoms with Gasteiger partial charge in [0.1, 0.15) is 0 Å². The average molecular weight is 159 g/mol. The van der Waals surface area contributed by atoms with Crippen molar-refractivity contribution in [3.05, 3.63) is 0 Å². The van der Waals surface area contributed by atoms with Crippen molar-refractivity contribution in [2.45, 2.75) is 20.3 Å². The summed E-state index contributed by atoms with van der Waals surface area (Å²) in [7, 11) is 1.33. The lowest BCUT2D eigenvalue weighted by Gasteiger charge is -2.17. The summed E-state index contributed by atoms with van der Waals surface area (Å²) in [5, 5.41) is 10.9. The second-order valence-corrected chi connectivity index (χ2v) is 2.88. The van der Waals surface area contributed by atoms with E-state index in [0.29, 0.717) is 6.42 Å². The molecule has 0 saturated carbocycles. The summed E-state index contributed by atoms with van der Waals surface area (Å²) in [6.45, 7) is 3.45. The van der Waals surface area contributed by atoms with E-state index >= 15 is 0 Å². The minimum atomic E-state index is -0.610. The lowest BCUT2D eigenvalue weighted by atomic mass is 9.90. The molecule has 0 heterocycles. The number of methoxy groups -OCH3 is 1. The van der Waals surface area contributed by atoms with Crippen LogP contribution in [0.5, 0.6) is 0 Å². The molecule has 0 bridgehead atoms. The lowest BCUT2D eigenvalue weighted by Crippen LogP contribution is -2.25. The van der Waals surface area contributed by atoms with Gasteiger partial charge in [0, 0.05) is 12.6 Å². The normalized spacial score (nSPS) is 11.9. The molecule has 64 valence electrons. The third kappa shape index (κ3) is 3.02. The number of hydrogen-bond donors (Lipinski definition) is 1. The molecule has 0 saturated heterocycles. The van der Waals surface area contributed by atoms with E-state index in [2.05, 4.69) is 9.89 Å². The number of carbonyl (C=O) groups excluding carboxylic acids is 1. The quantitative estimate of drug-likeness (QED) is 0.289. The van der Waals surface area contributed by atoms with Crippen LogP contribution in [0.25, 0.3) is 0 Å². The van der Waals surface area contributed by atoms with Crippen LogP contribution in [0.4, 0.5) is 0 Å². The zero-order valence-corrected chi connectivity index (χ0v) is 7.00. The maximum Gasteiger partial charge on any atom is 0.311 e. The summed E-state index contributed by atoms with van der Waals surface area (Å²) in [6.07, 6.45) is 1.65. The third-order valence-corrected chi connectivity index (χ3v) is 1.42. The second-order valence-electron chi connectivity index (χ2n) is 2.88. The van der Waals surface area contributed by atoms with Gasteiger partial charge in [-0.3, -0.25) is 4.79 Å². The average Bonchev–Trinajstić information content (AvgIpc) is 1.99. The van der Waals surface area contributed by atoms with Crippen LogP contribution in [-0.4, -0.2) is 24.5 Å². The predicted molar refractivity (Wildman–Crippen MR) is 40.7 cm³/mol. The number of hydrogen-bond acceptors (Lipinski definition) is 4. The zero-order chi connectivity index (χ0) is 8.91. The first kappa shape index (κ1) is 9.94. The van der Waals surface area contributed by atoms with Gasteiger partial charge in [0.25, 0.3) is 0 Å². The topological polar surface area (TPSA) is 58.9 Å². The molecule has 0 aromatic heterocycles. The maximum absolute atomic E-state index is 11.0. The summed E-state index contributed by atoms with van der Waals surface area (Å²) in [5.41, 5.74) is -0.610. The van der Waals surface area contributed by atoms with Crippen molar-refractivity contribution in [3.8, 4) is 0 Å². The zero-order valence-electron chi connectivity index (χ0n) is 7.00. The molecule has 0 aromatic carbocycles. The Morgan fingerprint density at radius 1 is 1.73 bits per heavy atom. The highest BCUT2D eigenvalue weighted by Gasteiger charge is 2.27. The first-order valence-electron chi connectivity index (χ1n) is 3.29. The molecule has 0 aliphatic heterocycles. The Bertz CT molecular complexity index is 163. The van der Waals surface area contributed by atoms with Crippen molar-refractivity contribution < 1.29 is 14.7 Å². The molecule has 1 N–H and O–H groups in total. The van der Waals surface area contributed by atoms with Gasteiger partial charge >= 0.3 is 5.97 Å². The molecule has 0 amide bonds. The molecule has 0 aromatic rings. The monoisotopic (exact) mass is 159 g/mol. The van der Waals surface area contributed by atoms with Crippen molar-refractivity contribution >= 4 is 12.2 Å². The van der Waals surface area contributed by atoms with E-state index in [4.69, 9.17) is 5.21 Å². The maximum atomic E-state index is 11.0. The van der Waals surface area contributed by atoms with E-state index in [1.165, 1.54) is 13.3 Å². The first-order valence-corrected chi connectivity index (χ1v) is 3.29. The van der Waals surface area contributed by atoms with Gasteiger partial charge < -0.3 is 9.94 Å². The fourth-order valence-corrected chi connectivity index (χ4v) is 0.629. The van der Waals surface area contributed by atoms with Crippen LogP contribution in [0.1, 0.15) is 20.3 Å². The molecule has 11 heavy (non-hydrogen) atoms. The van der Waals surface area contributed by atoms with E-state index in [1.807, 2.05) is 0 Å². The highest BCUT2D eigenvalue weighted by molar-refractivity contribution is 5.79. The molecular weight excluding hydrogens is 146 g/mol. The van der Waals surface area contributed by atoms with Gasteiger partial charge in [0.2, 0.25) is 0 Å². The molecule has 0 fully saturated rings. The van der Waals surface area contributed by atoms with Crippen LogP contribution >= 0.6 is 0 Å². The number of carbonyl (C=O) groups is 1. The van der Waals surface area contributed by atoms with Crippen LogP contribution in [-0.2, 0) is 9.53 Å². The molecule has 0 rings (SSSR count). The molecule has 0 aliphatic carbocycles. The Hall–Kier alpha value is -1.06. The van der Waals surface area contributed by atoms with Crippen molar-refractivity contribution in [3.63, 3.8) is 0 Å². The van der Waals surface area contributed by atoms with Crippen LogP contribution in [0, 0.1) is 5.41 Å². The summed E-state index contributed by atoms with van der Waals surface area (Å²) in [5.74, 6) is -0.308. The van der Waals surface area contributed by atoms with E-state index < -0.39 is 5.41 Å². The number of nitrogens with zero attached hydrogens (tertiary/aromatic N) is 1. The second kappa shape index (κ2) is 3.95. The smallest absolute Gasteiger partial charge is 0.311 e. The molecule has 0 atom stereocenters. The lowest BCUT2D eigenvalue weighted by molar-refractivity contribution is -0.150. The summed E-state index contributed by atoms with van der Waals surface area (Å²) in [6, 6.07) is 0. The predicted octanol–water partition coefficient (Wildman–Crippen LogP) is 1.04. The molecule has 4 heteroatoms. The van der Waals surface area contributed by atoms with Gasteiger partial charge in [-0.15, -0.1) is 5.16 Å². The number of esters is 1. The van der Waals surface area contributed by atoms with Crippen LogP contribution in [0.3, 0.4) is 0 Å². The van der Waals surface area contributed by atoms with Crippen molar-refractivity contribution in [1.29, 1.82) is 0 Å². The minimum Gasteiger partial charge on any atom is -0.469 e. The van der Waals surface area contributed by atoms with Gasteiger partial charge in [0.05, 0.1) is 12.5 Å². The van der Waals surface area contributed by atoms with Crippen LogP contribution in [0.2, 0.25) is 0 Å². The summed E-state index contributed by atoms with van der Waals surface area (Å²) < 4.78 is 4.53. The number of oxime groups is 1. The molecule has 0 spiro atoms.